The molecule has 0 bridgehead atoms. The van der Waals surface area contributed by atoms with Gasteiger partial charge in [0, 0.05) is 24.0 Å². The van der Waals surface area contributed by atoms with Crippen molar-refractivity contribution < 1.29 is 57.3 Å². The van der Waals surface area contributed by atoms with Crippen LogP contribution in [0.1, 0.15) is 51.6 Å². The Labute approximate surface area is 390 Å². The van der Waals surface area contributed by atoms with Crippen LogP contribution in [-0.2, 0) is 60.6 Å². The lowest BCUT2D eigenvalue weighted by atomic mass is 10.1. The zero-order valence-electron chi connectivity index (χ0n) is 38.2. The van der Waals surface area contributed by atoms with Gasteiger partial charge in [-0.25, -0.2) is 19.2 Å². The lowest BCUT2D eigenvalue weighted by Gasteiger charge is -2.16. The molecule has 4 atom stereocenters. The minimum Gasteiger partial charge on any atom is -0.467 e. The zero-order valence-corrected chi connectivity index (χ0v) is 38.2. The Hall–Kier alpha value is -8.14. The molecule has 0 aliphatic rings. The Morgan fingerprint density at radius 2 is 0.791 bits per heavy atom. The summed E-state index contributed by atoms with van der Waals surface area (Å²) in [6, 6.07) is 32.6. The van der Waals surface area contributed by atoms with Crippen LogP contribution in [0.5, 0.6) is 0 Å². The predicted molar refractivity (Wildman–Crippen MR) is 251 cm³/mol. The van der Waals surface area contributed by atoms with E-state index >= 15 is 0 Å². The van der Waals surface area contributed by atoms with E-state index in [1.54, 1.807) is 73.7 Å². The van der Waals surface area contributed by atoms with Crippen molar-refractivity contribution in [3.05, 3.63) is 181 Å². The fourth-order valence-corrected chi connectivity index (χ4v) is 5.81. The van der Waals surface area contributed by atoms with Crippen molar-refractivity contribution in [3.8, 4) is 0 Å². The van der Waals surface area contributed by atoms with Crippen LogP contribution in [0.15, 0.2) is 158 Å². The zero-order chi connectivity index (χ0) is 49.4. The van der Waals surface area contributed by atoms with E-state index in [1.807, 2.05) is 66.7 Å². The molecule has 0 aromatic heterocycles. The molecule has 16 nitrogen and oxygen atoms in total. The molecule has 4 unspecified atom stereocenters. The Bertz CT molecular complexity index is 2250. The van der Waals surface area contributed by atoms with Gasteiger partial charge in [-0.3, -0.25) is 19.2 Å². The first-order valence-corrected chi connectivity index (χ1v) is 20.9. The van der Waals surface area contributed by atoms with Gasteiger partial charge in [0.1, 0.15) is 24.2 Å². The molecule has 4 aromatic rings. The van der Waals surface area contributed by atoms with Gasteiger partial charge < -0.3 is 40.2 Å². The van der Waals surface area contributed by atoms with Crippen LogP contribution in [0, 0.1) is 0 Å². The molecule has 4 rings (SSSR count). The smallest absolute Gasteiger partial charge is 0.328 e. The molecule has 16 heteroatoms. The molecular formula is C51H58N4O12. The summed E-state index contributed by atoms with van der Waals surface area (Å²) < 4.78 is 18.8. The fraction of sp³-hybridized carbons (Fsp3) is 0.255. The number of benzene rings is 4. The first kappa shape index (κ1) is 55.0. The van der Waals surface area contributed by atoms with Gasteiger partial charge in [-0.05, 0) is 67.3 Å². The Kier molecular flexibility index (Phi) is 26.0. The summed E-state index contributed by atoms with van der Waals surface area (Å²) in [5.41, 5.74) is 2.73. The second-order valence-corrected chi connectivity index (χ2v) is 14.0. The van der Waals surface area contributed by atoms with Crippen LogP contribution < -0.4 is 21.3 Å². The third kappa shape index (κ3) is 21.4. The summed E-state index contributed by atoms with van der Waals surface area (Å²) in [6.07, 6.45) is 8.23. The molecule has 67 heavy (non-hydrogen) atoms. The third-order valence-corrected chi connectivity index (χ3v) is 9.19. The normalized spacial score (nSPS) is 12.1. The second kappa shape index (κ2) is 31.7. The number of hydrogen-bond acceptors (Lipinski definition) is 12. The Balaban J connectivity index is 0.000000374. The number of allylic oxidation sites excluding steroid dienone is 1. The van der Waals surface area contributed by atoms with E-state index in [4.69, 9.17) is 9.47 Å². The Morgan fingerprint density at radius 1 is 0.463 bits per heavy atom. The molecule has 0 spiro atoms. The van der Waals surface area contributed by atoms with Gasteiger partial charge in [0.2, 0.25) is 11.8 Å². The largest absolute Gasteiger partial charge is 0.467 e. The summed E-state index contributed by atoms with van der Waals surface area (Å²) in [7, 11) is 5.05. The highest BCUT2D eigenvalue weighted by molar-refractivity contribution is 5.98. The quantitative estimate of drug-likeness (QED) is 0.0407. The highest BCUT2D eigenvalue weighted by Gasteiger charge is 2.24. The fourth-order valence-electron chi connectivity index (χ4n) is 5.81. The van der Waals surface area contributed by atoms with Crippen molar-refractivity contribution in [3.63, 3.8) is 0 Å². The number of ether oxygens (including phenoxy) is 4. The molecule has 0 fully saturated rings. The number of nitrogens with one attached hydrogen (secondary N) is 4. The first-order chi connectivity index (χ1) is 32.3. The van der Waals surface area contributed by atoms with Gasteiger partial charge in [-0.1, -0.05) is 115 Å². The molecule has 0 heterocycles. The van der Waals surface area contributed by atoms with Crippen molar-refractivity contribution in [1.29, 1.82) is 0 Å². The summed E-state index contributed by atoms with van der Waals surface area (Å²) in [5.74, 6) is -3.71. The molecule has 0 aliphatic heterocycles. The number of esters is 4. The monoisotopic (exact) mass is 918 g/mol. The van der Waals surface area contributed by atoms with Gasteiger partial charge in [0.15, 0.2) is 0 Å². The molecule has 0 saturated carbocycles. The second-order valence-electron chi connectivity index (χ2n) is 14.0. The van der Waals surface area contributed by atoms with E-state index in [0.29, 0.717) is 24.0 Å². The minimum atomic E-state index is -0.975. The number of carbonyl (C=O) groups excluding carboxylic acids is 8. The van der Waals surface area contributed by atoms with Crippen molar-refractivity contribution >= 4 is 47.5 Å². The summed E-state index contributed by atoms with van der Waals surface area (Å²) in [4.78, 5) is 95.0. The average Bonchev–Trinajstić information content (AvgIpc) is 3.36. The molecule has 4 N–H and O–H groups in total. The number of hydrogen-bond donors (Lipinski definition) is 4. The van der Waals surface area contributed by atoms with E-state index in [-0.39, 0.29) is 24.7 Å². The number of methoxy groups -OCH3 is 4. The lowest BCUT2D eigenvalue weighted by molar-refractivity contribution is -0.145. The summed E-state index contributed by atoms with van der Waals surface area (Å²) in [6.45, 7) is 5.28. The van der Waals surface area contributed by atoms with Gasteiger partial charge in [-0.15, -0.1) is 6.58 Å². The van der Waals surface area contributed by atoms with Gasteiger partial charge in [0.25, 0.3) is 11.8 Å². The first-order valence-electron chi connectivity index (χ1n) is 20.9. The standard InChI is InChI=1S/C24H26N2O6.C14H17NO3.C13H15NO3/c1-31-23(29)19(26-22(28)18-12-7-4-8-13-18)14-9-15-21(27)25-20(24(30)32-2)16-17-10-5-3-6-11-17;1-3-7-13(16)15-12(14(17)18-2)10-11-8-5-4-6-9-11;1-3-7-11(13(16)17-2)14-12(15)10-8-5-4-6-9-10/h3-13,15,19-20H,14,16H2,1-2H3,(H,25,27)(H,26,28);3-9,12H,10H2,1-2H3,(H,15,16);3-6,8-9,11H,1,7H2,2H3,(H,14,15)/b;7-3+;. The molecule has 4 aromatic carbocycles. The highest BCUT2D eigenvalue weighted by Crippen LogP contribution is 2.08. The summed E-state index contributed by atoms with van der Waals surface area (Å²) in [5, 5.41) is 10.4. The van der Waals surface area contributed by atoms with E-state index in [0.717, 1.165) is 11.1 Å². The minimum absolute atomic E-state index is 0.0280. The van der Waals surface area contributed by atoms with Crippen molar-refractivity contribution in [2.75, 3.05) is 28.4 Å². The van der Waals surface area contributed by atoms with E-state index in [2.05, 4.69) is 37.3 Å². The van der Waals surface area contributed by atoms with Crippen LogP contribution in [0.2, 0.25) is 0 Å². The lowest BCUT2D eigenvalue weighted by Crippen LogP contribution is -2.42. The van der Waals surface area contributed by atoms with E-state index < -0.39 is 59.9 Å². The third-order valence-electron chi connectivity index (χ3n) is 9.19. The topological polar surface area (TPSA) is 222 Å². The van der Waals surface area contributed by atoms with Crippen LogP contribution >= 0.6 is 0 Å². The number of rotatable bonds is 20. The molecule has 0 saturated heterocycles. The van der Waals surface area contributed by atoms with Crippen LogP contribution in [0.3, 0.4) is 0 Å². The van der Waals surface area contributed by atoms with Crippen LogP contribution in [0.25, 0.3) is 0 Å². The maximum absolute atomic E-state index is 12.3. The molecule has 4 amide bonds. The SMILES string of the molecule is C/C=C/C(=O)NC(Cc1ccccc1)C(=O)OC.C=CCC(NC(=O)c1ccccc1)C(=O)OC.COC(=O)C(Cc1ccccc1)NC(=O)C=CCC(NC(=O)c1ccccc1)C(=O)OC. The molecular weight excluding hydrogens is 861 g/mol. The molecule has 354 valence electrons. The van der Waals surface area contributed by atoms with Gasteiger partial charge in [-0.2, -0.15) is 0 Å². The predicted octanol–water partition coefficient (Wildman–Crippen LogP) is 4.80. The van der Waals surface area contributed by atoms with Crippen LogP contribution in [-0.4, -0.2) is 100 Å². The maximum atomic E-state index is 12.3. The van der Waals surface area contributed by atoms with Crippen molar-refractivity contribution in [2.24, 2.45) is 0 Å². The van der Waals surface area contributed by atoms with E-state index in [9.17, 15) is 38.4 Å². The Morgan fingerprint density at radius 3 is 1.13 bits per heavy atom. The van der Waals surface area contributed by atoms with Gasteiger partial charge >= 0.3 is 23.9 Å². The van der Waals surface area contributed by atoms with Gasteiger partial charge in [0.05, 0.1) is 28.4 Å². The highest BCUT2D eigenvalue weighted by atomic mass is 16.5. The van der Waals surface area contributed by atoms with Crippen LogP contribution in [0.4, 0.5) is 0 Å². The molecule has 0 radical (unpaired) electrons. The molecule has 0 aliphatic carbocycles. The number of carbonyl (C=O) groups is 8. The van der Waals surface area contributed by atoms with Crippen molar-refractivity contribution in [2.45, 2.75) is 56.8 Å². The summed E-state index contributed by atoms with van der Waals surface area (Å²) >= 11 is 0. The van der Waals surface area contributed by atoms with E-state index in [1.165, 1.54) is 46.7 Å². The average molecular weight is 919 g/mol. The number of amides is 4. The maximum Gasteiger partial charge on any atom is 0.328 e. The van der Waals surface area contributed by atoms with Crippen molar-refractivity contribution in [1.82, 2.24) is 21.3 Å².